The Balaban J connectivity index is 1.75. The van der Waals surface area contributed by atoms with E-state index < -0.39 is 34.8 Å². The van der Waals surface area contributed by atoms with Crippen LogP contribution in [-0.4, -0.2) is 55.3 Å². The summed E-state index contributed by atoms with van der Waals surface area (Å²) in [7, 11) is -1.28. The van der Waals surface area contributed by atoms with E-state index in [1.54, 1.807) is 8.87 Å². The molecule has 10 heteroatoms. The van der Waals surface area contributed by atoms with Crippen LogP contribution in [0.3, 0.4) is 0 Å². The molecule has 3 atom stereocenters. The monoisotopic (exact) mass is 415 g/mol. The third-order valence-electron chi connectivity index (χ3n) is 4.97. The van der Waals surface area contributed by atoms with E-state index in [-0.39, 0.29) is 24.3 Å². The van der Waals surface area contributed by atoms with E-state index in [1.807, 2.05) is 6.92 Å². The number of benzene rings is 1. The van der Waals surface area contributed by atoms with Gasteiger partial charge in [-0.3, -0.25) is 0 Å². The molecular weight excluding hydrogens is 391 g/mol. The van der Waals surface area contributed by atoms with Crippen LogP contribution in [0, 0.1) is 11.6 Å². The molecule has 1 unspecified atom stereocenters. The molecule has 2 heterocycles. The Morgan fingerprint density at radius 1 is 1.25 bits per heavy atom. The number of rotatable bonds is 7. The Labute approximate surface area is 164 Å². The van der Waals surface area contributed by atoms with Crippen LogP contribution in [0.25, 0.3) is 0 Å². The van der Waals surface area contributed by atoms with Gasteiger partial charge in [-0.25, -0.2) is 21.7 Å². The quantitative estimate of drug-likeness (QED) is 0.698. The van der Waals surface area contributed by atoms with Gasteiger partial charge in [-0.1, -0.05) is 6.92 Å². The van der Waals surface area contributed by atoms with Gasteiger partial charge < -0.3 is 9.47 Å². The van der Waals surface area contributed by atoms with E-state index in [1.165, 1.54) is 23.8 Å². The molecule has 0 radical (unpaired) electrons. The summed E-state index contributed by atoms with van der Waals surface area (Å²) in [5.74, 6) is -1.19. The molecule has 2 aromatic rings. The maximum Gasteiger partial charge on any atom is 0.147 e. The van der Waals surface area contributed by atoms with Crippen molar-refractivity contribution in [1.29, 1.82) is 0 Å². The fraction of sp³-hybridized carbons (Fsp3) is 0.556. The van der Waals surface area contributed by atoms with Gasteiger partial charge in [-0.05, 0) is 18.9 Å². The second-order valence-corrected chi connectivity index (χ2v) is 8.27. The predicted octanol–water partition coefficient (Wildman–Crippen LogP) is 2.85. The second-order valence-electron chi connectivity index (χ2n) is 6.91. The molecule has 1 fully saturated rings. The van der Waals surface area contributed by atoms with Crippen LogP contribution in [-0.2, 0) is 17.5 Å². The van der Waals surface area contributed by atoms with Gasteiger partial charge in [0.25, 0.3) is 0 Å². The van der Waals surface area contributed by atoms with Crippen molar-refractivity contribution in [3.8, 4) is 0 Å². The van der Waals surface area contributed by atoms with Gasteiger partial charge in [-0.15, -0.1) is 10.2 Å². The maximum absolute atomic E-state index is 14.7. The fourth-order valence-corrected chi connectivity index (χ4v) is 4.27. The summed E-state index contributed by atoms with van der Waals surface area (Å²) >= 11 is 0. The lowest BCUT2D eigenvalue weighted by Gasteiger charge is -2.36. The molecule has 0 bridgehead atoms. The van der Waals surface area contributed by atoms with E-state index in [0.717, 1.165) is 18.6 Å². The molecule has 1 aromatic heterocycles. The molecule has 1 aliphatic rings. The summed E-state index contributed by atoms with van der Waals surface area (Å²) in [6.45, 7) is 2.85. The number of piperidine rings is 1. The predicted molar refractivity (Wildman–Crippen MR) is 102 cm³/mol. The van der Waals surface area contributed by atoms with Crippen molar-refractivity contribution in [2.45, 2.75) is 38.5 Å². The molecular formula is C18H24F3N5OS. The van der Waals surface area contributed by atoms with Gasteiger partial charge in [0.2, 0.25) is 0 Å². The van der Waals surface area contributed by atoms with Crippen molar-refractivity contribution in [2.75, 3.05) is 30.8 Å². The molecule has 1 saturated heterocycles. The number of hydrogen-bond donors (Lipinski definition) is 0. The van der Waals surface area contributed by atoms with Crippen LogP contribution in [0.5, 0.6) is 0 Å². The van der Waals surface area contributed by atoms with Gasteiger partial charge in [0, 0.05) is 37.5 Å². The van der Waals surface area contributed by atoms with Crippen LogP contribution in [0.1, 0.15) is 31.4 Å². The van der Waals surface area contributed by atoms with E-state index in [2.05, 4.69) is 10.2 Å². The van der Waals surface area contributed by atoms with Crippen LogP contribution < -0.4 is 4.90 Å². The fourth-order valence-electron chi connectivity index (χ4n) is 3.51. The first-order chi connectivity index (χ1) is 13.4. The molecule has 6 nitrogen and oxygen atoms in total. The molecule has 1 aromatic carbocycles. The summed E-state index contributed by atoms with van der Waals surface area (Å²) in [4.78, 5) is 1.52. The van der Waals surface area contributed by atoms with Gasteiger partial charge in [0.15, 0.2) is 0 Å². The first kappa shape index (κ1) is 20.8. The number of alkyl halides is 1. The maximum atomic E-state index is 14.7. The van der Waals surface area contributed by atoms with Crippen molar-refractivity contribution in [3.63, 3.8) is 0 Å². The number of anilines is 1. The molecule has 0 spiro atoms. The number of aromatic nitrogens is 3. The summed E-state index contributed by atoms with van der Waals surface area (Å²) in [5.41, 5.74) is 0.187. The van der Waals surface area contributed by atoms with Gasteiger partial charge >= 0.3 is 0 Å². The normalized spacial score (nSPS) is 21.3. The summed E-state index contributed by atoms with van der Waals surface area (Å²) in [6.07, 6.45) is 4.36. The molecule has 0 amide bonds. The van der Waals surface area contributed by atoms with Crippen molar-refractivity contribution in [2.24, 2.45) is 0 Å². The third kappa shape index (κ3) is 4.54. The zero-order valence-electron chi connectivity index (χ0n) is 15.9. The van der Waals surface area contributed by atoms with Gasteiger partial charge in [-0.2, -0.15) is 0 Å². The summed E-state index contributed by atoms with van der Waals surface area (Å²) in [6, 6.07) is 1.82. The topological polar surface area (TPSA) is 54.3 Å². The van der Waals surface area contributed by atoms with E-state index >= 15 is 0 Å². The number of nitrogens with zero attached hydrogens (tertiary/aromatic N) is 5. The Bertz CT molecular complexity index is 820. The Hall–Kier alpha value is -1.94. The van der Waals surface area contributed by atoms with E-state index in [0.29, 0.717) is 19.5 Å². The minimum Gasteiger partial charge on any atom is -0.366 e. The average Bonchev–Trinajstić information content (AvgIpc) is 3.18. The average molecular weight is 415 g/mol. The molecule has 3 rings (SSSR count). The first-order valence-electron chi connectivity index (χ1n) is 9.20. The van der Waals surface area contributed by atoms with Crippen molar-refractivity contribution in [3.05, 3.63) is 42.0 Å². The molecule has 0 N–H and O–H groups in total. The largest absolute Gasteiger partial charge is 0.366 e. The minimum absolute atomic E-state index is 0.0422. The smallest absolute Gasteiger partial charge is 0.147 e. The minimum atomic E-state index is -1.28. The van der Waals surface area contributed by atoms with Crippen LogP contribution >= 0.6 is 0 Å². The molecule has 154 valence electrons. The van der Waals surface area contributed by atoms with Crippen molar-refractivity contribution >= 4 is 16.7 Å². The number of halogens is 3. The molecule has 28 heavy (non-hydrogen) atoms. The summed E-state index contributed by atoms with van der Waals surface area (Å²) in [5, 5.41) is 7.38. The van der Waals surface area contributed by atoms with Crippen molar-refractivity contribution < 1.29 is 17.4 Å². The Morgan fingerprint density at radius 2 is 1.96 bits per heavy atom. The van der Waals surface area contributed by atoms with E-state index in [4.69, 9.17) is 0 Å². The number of hydrogen-bond acceptors (Lipinski definition) is 4. The van der Waals surface area contributed by atoms with Crippen LogP contribution in [0.15, 0.2) is 24.8 Å². The van der Waals surface area contributed by atoms with Crippen LogP contribution in [0.2, 0.25) is 0 Å². The Morgan fingerprint density at radius 3 is 2.57 bits per heavy atom. The highest BCUT2D eigenvalue weighted by Gasteiger charge is 2.32. The second kappa shape index (κ2) is 9.04. The SMILES string of the molecule is CCCN(Cc1cc(F)c(N2CC[C@@H](n3cnnc3)[C@@H](F)C2)cc1F)S(C)=O. The first-order valence-corrected chi connectivity index (χ1v) is 10.7. The lowest BCUT2D eigenvalue weighted by Crippen LogP contribution is -2.43. The van der Waals surface area contributed by atoms with Crippen molar-refractivity contribution in [1.82, 2.24) is 19.1 Å². The highest BCUT2D eigenvalue weighted by Crippen LogP contribution is 2.31. The molecule has 0 aliphatic carbocycles. The lowest BCUT2D eigenvalue weighted by molar-refractivity contribution is 0.199. The lowest BCUT2D eigenvalue weighted by atomic mass is 10.0. The van der Waals surface area contributed by atoms with Crippen LogP contribution in [0.4, 0.5) is 18.9 Å². The summed E-state index contributed by atoms with van der Waals surface area (Å²) < 4.78 is 58.9. The molecule has 1 aliphatic heterocycles. The van der Waals surface area contributed by atoms with E-state index in [9.17, 15) is 17.4 Å². The Kier molecular flexibility index (Phi) is 6.71. The standard InChI is InChI=1S/C18H24F3N5OS/c1-3-5-26(28(2)27)9-13-7-15(20)18(8-14(13)19)24-6-4-17(16(21)10-24)25-11-22-23-12-25/h7-8,11-12,16-17H,3-6,9-10H2,1-2H3/t16-,17+,28?/m0/s1. The van der Waals surface area contributed by atoms with Gasteiger partial charge in [0.1, 0.15) is 30.5 Å². The highest BCUT2D eigenvalue weighted by molar-refractivity contribution is 7.81. The highest BCUT2D eigenvalue weighted by atomic mass is 32.2. The zero-order chi connectivity index (χ0) is 20.3. The third-order valence-corrected chi connectivity index (χ3v) is 6.01. The zero-order valence-corrected chi connectivity index (χ0v) is 16.7. The molecule has 0 saturated carbocycles. The van der Waals surface area contributed by atoms with Gasteiger partial charge in [0.05, 0.1) is 29.3 Å².